The van der Waals surface area contributed by atoms with Crippen LogP contribution in [0.3, 0.4) is 0 Å². The highest BCUT2D eigenvalue weighted by Crippen LogP contribution is 2.18. The highest BCUT2D eigenvalue weighted by Gasteiger charge is 2.30. The Hall–Kier alpha value is -0.100. The lowest BCUT2D eigenvalue weighted by Gasteiger charge is -2.41. The Morgan fingerprint density at radius 2 is 1.92 bits per heavy atom. The maximum atomic E-state index is 11.5. The van der Waals surface area contributed by atoms with Crippen LogP contribution in [0.2, 0.25) is 0 Å². The molecule has 0 spiro atoms. The summed E-state index contributed by atoms with van der Waals surface area (Å²) >= 11 is 2.30. The number of nitrogens with zero attached hydrogens (tertiary/aromatic N) is 2. The fourth-order valence-corrected chi connectivity index (χ4v) is 2.94. The molecule has 4 heteroatoms. The van der Waals surface area contributed by atoms with E-state index in [0.717, 1.165) is 13.1 Å². The van der Waals surface area contributed by atoms with Crippen molar-refractivity contribution in [3.05, 3.63) is 12.7 Å². The number of hydrogen-bond donors (Lipinski definition) is 0. The fourth-order valence-electron chi connectivity index (χ4n) is 1.80. The quantitative estimate of drug-likeness (QED) is 0.415. The molecule has 1 saturated heterocycles. The third-order valence-electron chi connectivity index (χ3n) is 2.30. The third-order valence-corrected chi connectivity index (χ3v) is 3.09. The molecule has 1 amide bonds. The van der Waals surface area contributed by atoms with Crippen LogP contribution >= 0.6 is 22.9 Å². The Kier molecular flexibility index (Phi) is 3.73. The van der Waals surface area contributed by atoms with Crippen LogP contribution in [0.1, 0.15) is 13.8 Å². The van der Waals surface area contributed by atoms with Crippen molar-refractivity contribution in [3.8, 4) is 0 Å². The molecule has 13 heavy (non-hydrogen) atoms. The first-order valence-corrected chi connectivity index (χ1v) is 5.38. The van der Waals surface area contributed by atoms with Gasteiger partial charge in [0.25, 0.3) is 0 Å². The summed E-state index contributed by atoms with van der Waals surface area (Å²) in [6, 6.07) is 0.567. The van der Waals surface area contributed by atoms with Crippen molar-refractivity contribution < 1.29 is 4.79 Å². The van der Waals surface area contributed by atoms with Gasteiger partial charge in [-0.05, 0) is 19.9 Å². The van der Waals surface area contributed by atoms with E-state index in [1.165, 1.54) is 6.08 Å². The lowest BCUT2D eigenvalue weighted by atomic mass is 10.1. The van der Waals surface area contributed by atoms with E-state index >= 15 is 0 Å². The van der Waals surface area contributed by atoms with Gasteiger partial charge in [-0.15, -0.1) is 0 Å². The molecule has 0 unspecified atom stereocenters. The van der Waals surface area contributed by atoms with Crippen molar-refractivity contribution in [1.82, 2.24) is 8.01 Å². The van der Waals surface area contributed by atoms with Gasteiger partial charge in [-0.1, -0.05) is 6.58 Å². The molecule has 1 aliphatic heterocycles. The van der Waals surface area contributed by atoms with Crippen molar-refractivity contribution in [1.29, 1.82) is 0 Å². The summed E-state index contributed by atoms with van der Waals surface area (Å²) in [6.45, 7) is 9.53. The first-order chi connectivity index (χ1) is 6.06. The van der Waals surface area contributed by atoms with Crippen molar-refractivity contribution in [3.63, 3.8) is 0 Å². The van der Waals surface area contributed by atoms with E-state index in [1.54, 1.807) is 0 Å². The average Bonchev–Trinajstić information content (AvgIpc) is 2.02. The molecule has 0 aromatic heterocycles. The van der Waals surface area contributed by atoms with Crippen LogP contribution in [0.25, 0.3) is 0 Å². The van der Waals surface area contributed by atoms with E-state index in [1.807, 2.05) is 4.90 Å². The lowest BCUT2D eigenvalue weighted by molar-refractivity contribution is -0.132. The zero-order valence-electron chi connectivity index (χ0n) is 8.03. The molecule has 0 saturated carbocycles. The van der Waals surface area contributed by atoms with Crippen LogP contribution in [-0.2, 0) is 4.79 Å². The van der Waals surface area contributed by atoms with Crippen molar-refractivity contribution in [2.45, 2.75) is 25.9 Å². The number of carbonyl (C=O) groups excluding carboxylic acids is 1. The topological polar surface area (TPSA) is 23.6 Å². The standard InChI is InChI=1S/C9H15IN2O/c1-4-9(13)12-7(2)5-11(10)6-8(12)3/h4,7-8H,1,5-6H2,2-3H3/t7-,8+. The number of piperazine rings is 1. The number of amides is 1. The lowest BCUT2D eigenvalue weighted by Crippen LogP contribution is -2.55. The van der Waals surface area contributed by atoms with Crippen molar-refractivity contribution >= 4 is 28.8 Å². The van der Waals surface area contributed by atoms with Gasteiger partial charge in [0.15, 0.2) is 0 Å². The molecule has 0 bridgehead atoms. The molecular formula is C9H15IN2O. The molecule has 0 aromatic rings. The first kappa shape index (κ1) is 11.0. The predicted octanol–water partition coefficient (Wildman–Crippen LogP) is 1.44. The van der Waals surface area contributed by atoms with Gasteiger partial charge in [-0.2, -0.15) is 0 Å². The van der Waals surface area contributed by atoms with Crippen LogP contribution in [0.4, 0.5) is 0 Å². The van der Waals surface area contributed by atoms with Gasteiger partial charge < -0.3 is 4.90 Å². The minimum Gasteiger partial charge on any atom is -0.331 e. The van der Waals surface area contributed by atoms with Gasteiger partial charge in [-0.3, -0.25) is 4.79 Å². The highest BCUT2D eigenvalue weighted by molar-refractivity contribution is 14.1. The molecule has 0 aromatic carbocycles. The molecule has 1 aliphatic rings. The Morgan fingerprint density at radius 3 is 2.31 bits per heavy atom. The van der Waals surface area contributed by atoms with E-state index in [2.05, 4.69) is 46.4 Å². The summed E-state index contributed by atoms with van der Waals surface area (Å²) in [4.78, 5) is 13.4. The van der Waals surface area contributed by atoms with Crippen LogP contribution in [-0.4, -0.2) is 39.1 Å². The summed E-state index contributed by atoms with van der Waals surface area (Å²) in [5.74, 6) is 0.0458. The molecule has 0 aliphatic carbocycles. The summed E-state index contributed by atoms with van der Waals surface area (Å²) in [7, 11) is 0. The van der Waals surface area contributed by atoms with Gasteiger partial charge in [0.05, 0.1) is 0 Å². The zero-order chi connectivity index (χ0) is 10.0. The van der Waals surface area contributed by atoms with Gasteiger partial charge >= 0.3 is 0 Å². The second-order valence-electron chi connectivity index (χ2n) is 3.48. The maximum absolute atomic E-state index is 11.5. The number of carbonyl (C=O) groups is 1. The zero-order valence-corrected chi connectivity index (χ0v) is 10.2. The molecule has 1 heterocycles. The Morgan fingerprint density at radius 1 is 1.46 bits per heavy atom. The third kappa shape index (κ3) is 2.43. The van der Waals surface area contributed by atoms with Crippen LogP contribution in [0.15, 0.2) is 12.7 Å². The second-order valence-corrected chi connectivity index (χ2v) is 4.84. The molecule has 3 nitrogen and oxygen atoms in total. The molecule has 0 N–H and O–H groups in total. The number of rotatable bonds is 1. The Balaban J connectivity index is 2.72. The summed E-state index contributed by atoms with van der Waals surface area (Å²) in [6.07, 6.45) is 1.40. The van der Waals surface area contributed by atoms with E-state index in [0.29, 0.717) is 0 Å². The average molecular weight is 294 g/mol. The maximum Gasteiger partial charge on any atom is 0.246 e. The monoisotopic (exact) mass is 294 g/mol. The summed E-state index contributed by atoms with van der Waals surface area (Å²) in [5, 5.41) is 0. The van der Waals surface area contributed by atoms with Crippen LogP contribution in [0, 0.1) is 0 Å². The van der Waals surface area contributed by atoms with Crippen LogP contribution in [0.5, 0.6) is 0 Å². The molecule has 2 atom stereocenters. The van der Waals surface area contributed by atoms with Gasteiger partial charge in [0.2, 0.25) is 5.91 Å². The number of hydrogen-bond acceptors (Lipinski definition) is 2. The Bertz CT molecular complexity index is 208. The van der Waals surface area contributed by atoms with E-state index in [-0.39, 0.29) is 18.0 Å². The van der Waals surface area contributed by atoms with Gasteiger partial charge in [0, 0.05) is 48.0 Å². The molecule has 74 valence electrons. The normalized spacial score (nSPS) is 30.2. The van der Waals surface area contributed by atoms with E-state index in [4.69, 9.17) is 0 Å². The number of halogens is 1. The van der Waals surface area contributed by atoms with Crippen molar-refractivity contribution in [2.75, 3.05) is 13.1 Å². The smallest absolute Gasteiger partial charge is 0.246 e. The SMILES string of the molecule is C=CC(=O)N1[C@H](C)CN(I)C[C@@H]1C. The first-order valence-electron chi connectivity index (χ1n) is 4.41. The molecular weight excluding hydrogens is 279 g/mol. The second kappa shape index (κ2) is 4.41. The van der Waals surface area contributed by atoms with Crippen LogP contribution < -0.4 is 0 Å². The summed E-state index contributed by atoms with van der Waals surface area (Å²) < 4.78 is 2.22. The minimum absolute atomic E-state index is 0.0458. The molecule has 1 rings (SSSR count). The molecule has 1 fully saturated rings. The fraction of sp³-hybridized carbons (Fsp3) is 0.667. The van der Waals surface area contributed by atoms with E-state index < -0.39 is 0 Å². The van der Waals surface area contributed by atoms with Crippen molar-refractivity contribution in [2.24, 2.45) is 0 Å². The van der Waals surface area contributed by atoms with E-state index in [9.17, 15) is 4.79 Å². The minimum atomic E-state index is 0.0458. The summed E-state index contributed by atoms with van der Waals surface area (Å²) in [5.41, 5.74) is 0. The largest absolute Gasteiger partial charge is 0.331 e. The van der Waals surface area contributed by atoms with Gasteiger partial charge in [0.1, 0.15) is 0 Å². The Labute approximate surface area is 93.3 Å². The highest BCUT2D eigenvalue weighted by atomic mass is 127. The predicted molar refractivity (Wildman–Crippen MR) is 61.6 cm³/mol. The van der Waals surface area contributed by atoms with Gasteiger partial charge in [-0.25, -0.2) is 3.11 Å². The molecule has 0 radical (unpaired) electrons.